The van der Waals surface area contributed by atoms with E-state index < -0.39 is 5.91 Å². The number of rotatable bonds is 3. The molecule has 0 radical (unpaired) electrons. The molecule has 2 aromatic heterocycles. The number of halogens is 1. The van der Waals surface area contributed by atoms with Gasteiger partial charge in [0.2, 0.25) is 0 Å². The second-order valence-corrected chi connectivity index (χ2v) is 4.87. The van der Waals surface area contributed by atoms with Gasteiger partial charge in [0.1, 0.15) is 11.0 Å². The van der Waals surface area contributed by atoms with Gasteiger partial charge in [-0.3, -0.25) is 4.79 Å². The first kappa shape index (κ1) is 13.5. The van der Waals surface area contributed by atoms with E-state index in [1.54, 1.807) is 6.92 Å². The molecule has 6 nitrogen and oxygen atoms in total. The van der Waals surface area contributed by atoms with Crippen LogP contribution >= 0.6 is 11.6 Å². The van der Waals surface area contributed by atoms with Crippen molar-refractivity contribution in [3.63, 3.8) is 0 Å². The molecular weight excluding hydrogens is 266 g/mol. The smallest absolute Gasteiger partial charge is 0.251 e. The van der Waals surface area contributed by atoms with Crippen molar-refractivity contribution in [2.45, 2.75) is 26.7 Å². The van der Waals surface area contributed by atoms with Gasteiger partial charge < -0.3 is 5.73 Å². The molecule has 0 aliphatic heterocycles. The molecule has 0 aliphatic carbocycles. The zero-order chi connectivity index (χ0) is 14.2. The van der Waals surface area contributed by atoms with Gasteiger partial charge >= 0.3 is 0 Å². The average Bonchev–Trinajstić information content (AvgIpc) is 2.81. The van der Waals surface area contributed by atoms with Crippen molar-refractivity contribution in [2.24, 2.45) is 5.73 Å². The van der Waals surface area contributed by atoms with E-state index in [1.807, 2.05) is 13.8 Å². The minimum absolute atomic E-state index is 0.142. The molecule has 0 aliphatic rings. The number of primary amides is 1. The Morgan fingerprint density at radius 2 is 2.11 bits per heavy atom. The number of aromatic nitrogens is 4. The first-order valence-corrected chi connectivity index (χ1v) is 6.16. The van der Waals surface area contributed by atoms with Gasteiger partial charge in [-0.1, -0.05) is 25.4 Å². The van der Waals surface area contributed by atoms with E-state index in [-0.39, 0.29) is 5.92 Å². The summed E-state index contributed by atoms with van der Waals surface area (Å²) < 4.78 is 1.48. The summed E-state index contributed by atoms with van der Waals surface area (Å²) in [6.07, 6.45) is 2.92. The fourth-order valence-electron chi connectivity index (χ4n) is 1.54. The molecule has 100 valence electrons. The second-order valence-electron chi connectivity index (χ2n) is 4.51. The van der Waals surface area contributed by atoms with E-state index in [4.69, 9.17) is 17.3 Å². The quantitative estimate of drug-likeness (QED) is 0.869. The van der Waals surface area contributed by atoms with Gasteiger partial charge in [-0.2, -0.15) is 5.10 Å². The summed E-state index contributed by atoms with van der Waals surface area (Å²) in [5.41, 5.74) is 6.22. The zero-order valence-electron chi connectivity index (χ0n) is 10.9. The van der Waals surface area contributed by atoms with Gasteiger partial charge in [-0.25, -0.2) is 14.6 Å². The number of carbonyl (C=O) groups excluding carboxylic acids is 1. The van der Waals surface area contributed by atoms with Crippen molar-refractivity contribution in [3.8, 4) is 5.82 Å². The van der Waals surface area contributed by atoms with Crippen molar-refractivity contribution >= 4 is 17.5 Å². The van der Waals surface area contributed by atoms with E-state index in [0.717, 1.165) is 0 Å². The largest absolute Gasteiger partial charge is 0.366 e. The predicted molar refractivity (Wildman–Crippen MR) is 71.5 cm³/mol. The summed E-state index contributed by atoms with van der Waals surface area (Å²) in [6.45, 7) is 5.75. The Kier molecular flexibility index (Phi) is 3.53. The number of hydrogen-bond acceptors (Lipinski definition) is 4. The van der Waals surface area contributed by atoms with Gasteiger partial charge in [-0.15, -0.1) is 0 Å². The standard InChI is InChI=1S/C12H14ClN5O/c1-6(2)11-16-9(13)7(3)12(17-11)18-5-8(4-15-18)10(14)19/h4-6H,1-3H3,(H2,14,19). The van der Waals surface area contributed by atoms with Crippen LogP contribution in [0.2, 0.25) is 5.15 Å². The SMILES string of the molecule is Cc1c(Cl)nc(C(C)C)nc1-n1cc(C(N)=O)cn1. The maximum atomic E-state index is 11.1. The lowest BCUT2D eigenvalue weighted by molar-refractivity contribution is 0.100. The minimum atomic E-state index is -0.534. The molecule has 2 N–H and O–H groups in total. The van der Waals surface area contributed by atoms with Gasteiger partial charge in [-0.05, 0) is 6.92 Å². The van der Waals surface area contributed by atoms with E-state index in [2.05, 4.69) is 15.1 Å². The molecule has 0 bridgehead atoms. The lowest BCUT2D eigenvalue weighted by Gasteiger charge is -2.10. The van der Waals surface area contributed by atoms with Gasteiger partial charge in [0, 0.05) is 17.7 Å². The number of nitrogens with two attached hydrogens (primary N) is 1. The monoisotopic (exact) mass is 279 g/mol. The van der Waals surface area contributed by atoms with Crippen LogP contribution in [0.3, 0.4) is 0 Å². The second kappa shape index (κ2) is 4.97. The van der Waals surface area contributed by atoms with E-state index in [0.29, 0.717) is 27.9 Å². The van der Waals surface area contributed by atoms with E-state index >= 15 is 0 Å². The molecule has 0 spiro atoms. The maximum absolute atomic E-state index is 11.1. The van der Waals surface area contributed by atoms with Crippen LogP contribution < -0.4 is 5.73 Å². The first-order valence-electron chi connectivity index (χ1n) is 5.79. The molecule has 2 heterocycles. The molecule has 0 saturated heterocycles. The van der Waals surface area contributed by atoms with Crippen molar-refractivity contribution in [1.29, 1.82) is 0 Å². The third kappa shape index (κ3) is 2.58. The molecule has 1 amide bonds. The highest BCUT2D eigenvalue weighted by molar-refractivity contribution is 6.30. The summed E-state index contributed by atoms with van der Waals surface area (Å²) in [5.74, 6) is 0.786. The van der Waals surface area contributed by atoms with Crippen LogP contribution in [0.5, 0.6) is 0 Å². The third-order valence-corrected chi connectivity index (χ3v) is 3.05. The highest BCUT2D eigenvalue weighted by atomic mass is 35.5. The molecule has 0 aromatic carbocycles. The van der Waals surface area contributed by atoms with Crippen molar-refractivity contribution in [3.05, 3.63) is 34.5 Å². The molecule has 2 rings (SSSR count). The van der Waals surface area contributed by atoms with Crippen LogP contribution in [0.1, 0.15) is 41.5 Å². The summed E-state index contributed by atoms with van der Waals surface area (Å²) in [4.78, 5) is 19.7. The fourth-order valence-corrected chi connectivity index (χ4v) is 1.71. The van der Waals surface area contributed by atoms with Crippen LogP contribution in [-0.2, 0) is 0 Å². The molecule has 7 heteroatoms. The number of hydrogen-bond donors (Lipinski definition) is 1. The molecular formula is C12H14ClN5O. The predicted octanol–water partition coefficient (Wildman–Crippen LogP) is 1.85. The normalized spacial score (nSPS) is 11.0. The highest BCUT2D eigenvalue weighted by Gasteiger charge is 2.15. The number of amides is 1. The maximum Gasteiger partial charge on any atom is 0.251 e. The number of nitrogens with zero attached hydrogens (tertiary/aromatic N) is 4. The molecule has 0 unspecified atom stereocenters. The Balaban J connectivity index is 2.56. The van der Waals surface area contributed by atoms with Gasteiger partial charge in [0.05, 0.1) is 11.8 Å². The lowest BCUT2D eigenvalue weighted by atomic mass is 10.2. The first-order chi connectivity index (χ1) is 8.90. The number of carbonyl (C=O) groups is 1. The molecule has 19 heavy (non-hydrogen) atoms. The Morgan fingerprint density at radius 3 is 2.63 bits per heavy atom. The lowest BCUT2D eigenvalue weighted by Crippen LogP contribution is -2.10. The van der Waals surface area contributed by atoms with Gasteiger partial charge in [0.25, 0.3) is 5.91 Å². The fraction of sp³-hybridized carbons (Fsp3) is 0.333. The summed E-state index contributed by atoms with van der Waals surface area (Å²) in [5, 5.41) is 4.46. The Labute approximate surface area is 115 Å². The summed E-state index contributed by atoms with van der Waals surface area (Å²) in [7, 11) is 0. The van der Waals surface area contributed by atoms with E-state index in [1.165, 1.54) is 17.1 Å². The van der Waals surface area contributed by atoms with Crippen LogP contribution in [0, 0.1) is 6.92 Å². The minimum Gasteiger partial charge on any atom is -0.366 e. The molecule has 0 saturated carbocycles. The van der Waals surface area contributed by atoms with Crippen molar-refractivity contribution in [1.82, 2.24) is 19.7 Å². The van der Waals surface area contributed by atoms with Crippen LogP contribution in [0.4, 0.5) is 0 Å². The van der Waals surface area contributed by atoms with Crippen molar-refractivity contribution < 1.29 is 4.79 Å². The summed E-state index contributed by atoms with van der Waals surface area (Å²) >= 11 is 6.10. The van der Waals surface area contributed by atoms with Crippen molar-refractivity contribution in [2.75, 3.05) is 0 Å². The molecule has 0 atom stereocenters. The Bertz CT molecular complexity index is 635. The molecule has 2 aromatic rings. The van der Waals surface area contributed by atoms with E-state index in [9.17, 15) is 4.79 Å². The van der Waals surface area contributed by atoms with Crippen LogP contribution in [0.25, 0.3) is 5.82 Å². The third-order valence-electron chi connectivity index (χ3n) is 2.68. The van der Waals surface area contributed by atoms with Gasteiger partial charge in [0.15, 0.2) is 5.82 Å². The van der Waals surface area contributed by atoms with Crippen LogP contribution in [0.15, 0.2) is 12.4 Å². The average molecular weight is 280 g/mol. The molecule has 0 fully saturated rings. The van der Waals surface area contributed by atoms with Crippen LogP contribution in [-0.4, -0.2) is 25.7 Å². The Hall–Kier alpha value is -1.95. The zero-order valence-corrected chi connectivity index (χ0v) is 11.6. The topological polar surface area (TPSA) is 86.7 Å². The Morgan fingerprint density at radius 1 is 1.42 bits per heavy atom. The summed E-state index contributed by atoms with van der Waals surface area (Å²) in [6, 6.07) is 0. The highest BCUT2D eigenvalue weighted by Crippen LogP contribution is 2.21.